The van der Waals surface area contributed by atoms with E-state index in [-0.39, 0.29) is 6.61 Å². The van der Waals surface area contributed by atoms with Crippen LogP contribution in [-0.2, 0) is 11.3 Å². The molecule has 0 unspecified atom stereocenters. The normalized spacial score (nSPS) is 10.4. The van der Waals surface area contributed by atoms with Gasteiger partial charge in [0, 0.05) is 0 Å². The summed E-state index contributed by atoms with van der Waals surface area (Å²) in [5.41, 5.74) is -0.139. The largest absolute Gasteiger partial charge is 0.444 e. The third kappa shape index (κ3) is 3.49. The second kappa shape index (κ2) is 6.95. The molecule has 2 aromatic rings. The van der Waals surface area contributed by atoms with E-state index in [1.807, 2.05) is 5.32 Å². The number of hydrogen-bond acceptors (Lipinski definition) is 2. The van der Waals surface area contributed by atoms with E-state index in [4.69, 9.17) is 4.74 Å². The number of anilines is 1. The molecule has 0 bridgehead atoms. The van der Waals surface area contributed by atoms with E-state index in [2.05, 4.69) is 0 Å². The first-order chi connectivity index (χ1) is 10.4. The van der Waals surface area contributed by atoms with Crippen LogP contribution in [0.2, 0.25) is 0 Å². The summed E-state index contributed by atoms with van der Waals surface area (Å²) in [5, 5.41) is 1.87. The molecule has 0 fully saturated rings. The van der Waals surface area contributed by atoms with E-state index in [0.717, 1.165) is 0 Å². The van der Waals surface area contributed by atoms with Gasteiger partial charge in [-0.15, -0.1) is 0 Å². The maximum atomic E-state index is 13.6. The number of nitrogens with one attached hydrogen (secondary N) is 1. The molecule has 22 heavy (non-hydrogen) atoms. The molecule has 3 nitrogen and oxygen atoms in total. The molecule has 1 amide bonds. The van der Waals surface area contributed by atoms with Crippen molar-refractivity contribution in [2.45, 2.75) is 6.61 Å². The van der Waals surface area contributed by atoms with Crippen molar-refractivity contribution in [3.63, 3.8) is 0 Å². The minimum Gasteiger partial charge on any atom is -0.444 e. The highest BCUT2D eigenvalue weighted by atomic mass is 127. The Labute approximate surface area is 136 Å². The van der Waals surface area contributed by atoms with Gasteiger partial charge in [0.05, 0.1) is 9.26 Å². The molecule has 1 N–H and O–H groups in total. The number of carbonyl (C=O) groups excluding carboxylic acids is 1. The molecule has 116 valence electrons. The lowest BCUT2D eigenvalue weighted by Gasteiger charge is -2.11. The lowest BCUT2D eigenvalue weighted by atomic mass is 10.2. The molecule has 2 rings (SSSR count). The Morgan fingerprint density at radius 3 is 2.23 bits per heavy atom. The maximum Gasteiger partial charge on any atom is 0.412 e. The fraction of sp³-hybridized carbons (Fsp3) is 0.0714. The summed E-state index contributed by atoms with van der Waals surface area (Å²) in [7, 11) is 0. The van der Waals surface area contributed by atoms with Crippen molar-refractivity contribution < 1.29 is 27.1 Å². The predicted octanol–water partition coefficient (Wildman–Crippen LogP) is 4.60. The Balaban J connectivity index is 2.12. The Morgan fingerprint density at radius 2 is 1.59 bits per heavy atom. The summed E-state index contributed by atoms with van der Waals surface area (Å²) in [6.07, 6.45) is -1.12. The SMILES string of the molecule is O=C(Nc1c(F)c(F)c(F)c(F)c1I)OCc1ccccc1. The van der Waals surface area contributed by atoms with Crippen LogP contribution in [0, 0.1) is 26.8 Å². The number of carbonyl (C=O) groups is 1. The second-order valence-corrected chi connectivity index (χ2v) is 5.21. The van der Waals surface area contributed by atoms with Crippen LogP contribution in [0.15, 0.2) is 30.3 Å². The van der Waals surface area contributed by atoms with Gasteiger partial charge in [0.25, 0.3) is 0 Å². The quantitative estimate of drug-likeness (QED) is 0.338. The van der Waals surface area contributed by atoms with Gasteiger partial charge in [0.1, 0.15) is 6.61 Å². The number of ether oxygens (including phenoxy) is 1. The molecule has 0 atom stereocenters. The monoisotopic (exact) mass is 425 g/mol. The van der Waals surface area contributed by atoms with E-state index in [0.29, 0.717) is 5.56 Å². The molecule has 0 heterocycles. The van der Waals surface area contributed by atoms with Crippen molar-refractivity contribution in [3.05, 3.63) is 62.7 Å². The molecular weight excluding hydrogens is 417 g/mol. The molecule has 0 aliphatic heterocycles. The van der Waals surface area contributed by atoms with E-state index in [9.17, 15) is 22.4 Å². The van der Waals surface area contributed by atoms with Crippen molar-refractivity contribution in [1.82, 2.24) is 0 Å². The minimum atomic E-state index is -2.00. The standard InChI is InChI=1S/C14H8F4INO2/c15-8-9(16)11(18)13(12(19)10(8)17)20-14(21)22-6-7-4-2-1-3-5-7/h1-5H,6H2,(H,20,21). The van der Waals surface area contributed by atoms with Gasteiger partial charge >= 0.3 is 6.09 Å². The van der Waals surface area contributed by atoms with Gasteiger partial charge in [0.2, 0.25) is 0 Å². The van der Waals surface area contributed by atoms with Crippen molar-refractivity contribution in [2.24, 2.45) is 0 Å². The number of hydrogen-bond donors (Lipinski definition) is 1. The Bertz CT molecular complexity index is 681. The molecule has 0 aliphatic rings. The highest BCUT2D eigenvalue weighted by Crippen LogP contribution is 2.29. The molecule has 0 saturated carbocycles. The highest BCUT2D eigenvalue weighted by molar-refractivity contribution is 14.1. The Hall–Kier alpha value is -1.84. The van der Waals surface area contributed by atoms with Gasteiger partial charge in [-0.2, -0.15) is 0 Å². The lowest BCUT2D eigenvalue weighted by Crippen LogP contribution is -2.17. The van der Waals surface area contributed by atoms with Crippen LogP contribution in [0.3, 0.4) is 0 Å². The van der Waals surface area contributed by atoms with Gasteiger partial charge in [0.15, 0.2) is 23.3 Å². The molecular formula is C14H8F4INO2. The van der Waals surface area contributed by atoms with Crippen LogP contribution in [-0.4, -0.2) is 6.09 Å². The smallest absolute Gasteiger partial charge is 0.412 e. The number of amides is 1. The zero-order valence-corrected chi connectivity index (χ0v) is 13.0. The topological polar surface area (TPSA) is 38.3 Å². The van der Waals surface area contributed by atoms with Gasteiger partial charge in [-0.05, 0) is 28.2 Å². The first-order valence-electron chi connectivity index (χ1n) is 5.91. The Morgan fingerprint density at radius 1 is 1.00 bits per heavy atom. The summed E-state index contributed by atoms with van der Waals surface area (Å²) in [4.78, 5) is 11.6. The van der Waals surface area contributed by atoms with Crippen LogP contribution in [0.5, 0.6) is 0 Å². The molecule has 8 heteroatoms. The summed E-state index contributed by atoms with van der Waals surface area (Å²) >= 11 is 1.25. The second-order valence-electron chi connectivity index (χ2n) is 4.13. The summed E-state index contributed by atoms with van der Waals surface area (Å²) in [5.74, 6) is -7.22. The van der Waals surface area contributed by atoms with Gasteiger partial charge in [-0.25, -0.2) is 22.4 Å². The van der Waals surface area contributed by atoms with Crippen LogP contribution in [0.1, 0.15) is 5.56 Å². The molecule has 2 aromatic carbocycles. The number of benzene rings is 2. The Kier molecular flexibility index (Phi) is 5.22. The first kappa shape index (κ1) is 16.5. The summed E-state index contributed by atoms with van der Waals surface area (Å²) < 4.78 is 57.3. The van der Waals surface area contributed by atoms with Crippen molar-refractivity contribution >= 4 is 34.4 Å². The summed E-state index contributed by atoms with van der Waals surface area (Å²) in [6.45, 7) is -0.114. The van der Waals surface area contributed by atoms with Gasteiger partial charge in [-0.1, -0.05) is 30.3 Å². The van der Waals surface area contributed by atoms with Crippen LogP contribution in [0.25, 0.3) is 0 Å². The van der Waals surface area contributed by atoms with E-state index in [1.54, 1.807) is 30.3 Å². The minimum absolute atomic E-state index is 0.114. The third-order valence-corrected chi connectivity index (χ3v) is 3.66. The van der Waals surface area contributed by atoms with Crippen LogP contribution < -0.4 is 5.32 Å². The lowest BCUT2D eigenvalue weighted by molar-refractivity contribution is 0.155. The van der Waals surface area contributed by atoms with E-state index < -0.39 is 38.6 Å². The highest BCUT2D eigenvalue weighted by Gasteiger charge is 2.25. The molecule has 0 radical (unpaired) electrons. The van der Waals surface area contributed by atoms with Crippen molar-refractivity contribution in [2.75, 3.05) is 5.32 Å². The van der Waals surface area contributed by atoms with E-state index in [1.165, 1.54) is 22.6 Å². The van der Waals surface area contributed by atoms with Crippen molar-refractivity contribution in [1.29, 1.82) is 0 Å². The fourth-order valence-electron chi connectivity index (χ4n) is 1.58. The van der Waals surface area contributed by atoms with Gasteiger partial charge in [-0.3, -0.25) is 5.32 Å². The molecule has 0 saturated heterocycles. The van der Waals surface area contributed by atoms with Crippen LogP contribution in [0.4, 0.5) is 28.0 Å². The maximum absolute atomic E-state index is 13.6. The average Bonchev–Trinajstić information content (AvgIpc) is 2.54. The molecule has 0 spiro atoms. The fourth-order valence-corrected chi connectivity index (χ4v) is 2.18. The molecule has 0 aliphatic carbocycles. The average molecular weight is 425 g/mol. The first-order valence-corrected chi connectivity index (χ1v) is 6.98. The predicted molar refractivity (Wildman–Crippen MR) is 79.2 cm³/mol. The zero-order chi connectivity index (χ0) is 16.3. The van der Waals surface area contributed by atoms with Crippen LogP contribution >= 0.6 is 22.6 Å². The van der Waals surface area contributed by atoms with Crippen molar-refractivity contribution in [3.8, 4) is 0 Å². The van der Waals surface area contributed by atoms with E-state index >= 15 is 0 Å². The third-order valence-electron chi connectivity index (χ3n) is 2.65. The summed E-state index contributed by atoms with van der Waals surface area (Å²) in [6, 6.07) is 8.60. The molecule has 0 aromatic heterocycles. The number of halogens is 5. The number of rotatable bonds is 3. The zero-order valence-electron chi connectivity index (χ0n) is 10.8. The van der Waals surface area contributed by atoms with Gasteiger partial charge < -0.3 is 4.74 Å².